The van der Waals surface area contributed by atoms with E-state index in [0.29, 0.717) is 19.2 Å². The molecule has 0 saturated carbocycles. The molecule has 0 aromatic heterocycles. The molecule has 3 nitrogen and oxygen atoms in total. The van der Waals surface area contributed by atoms with Gasteiger partial charge < -0.3 is 10.4 Å². The van der Waals surface area contributed by atoms with Crippen molar-refractivity contribution in [2.75, 3.05) is 12.3 Å². The van der Waals surface area contributed by atoms with Crippen LogP contribution in [-0.4, -0.2) is 29.4 Å². The van der Waals surface area contributed by atoms with E-state index in [1.807, 2.05) is 0 Å². The highest BCUT2D eigenvalue weighted by atomic mass is 32.1. The number of unbranched alkanes of at least 4 members (excludes halogenated alkanes) is 1. The summed E-state index contributed by atoms with van der Waals surface area (Å²) in [4.78, 5) is 10.4. The first-order valence-corrected chi connectivity index (χ1v) is 4.22. The van der Waals surface area contributed by atoms with E-state index in [-0.39, 0.29) is 0 Å². The van der Waals surface area contributed by atoms with Gasteiger partial charge in [0.2, 0.25) is 0 Å². The molecule has 66 valence electrons. The lowest BCUT2D eigenvalue weighted by Crippen LogP contribution is -2.38. The minimum atomic E-state index is -0.865. The molecule has 0 bridgehead atoms. The molecular weight excluding hydrogens is 162 g/mol. The van der Waals surface area contributed by atoms with Crippen LogP contribution in [0.15, 0.2) is 0 Å². The maximum absolute atomic E-state index is 10.4. The van der Waals surface area contributed by atoms with Crippen molar-refractivity contribution in [2.45, 2.75) is 25.8 Å². The maximum atomic E-state index is 10.4. The summed E-state index contributed by atoms with van der Waals surface area (Å²) >= 11 is 3.90. The number of rotatable bonds is 6. The van der Waals surface area contributed by atoms with Crippen LogP contribution in [0.25, 0.3) is 0 Å². The zero-order chi connectivity index (χ0) is 9.40. The maximum Gasteiger partial charge on any atom is 0.321 e. The van der Waals surface area contributed by atoms with Gasteiger partial charge in [0.15, 0.2) is 0 Å². The lowest BCUT2D eigenvalue weighted by molar-refractivity contribution is -0.138. The number of carboxylic acids is 1. The third kappa shape index (κ3) is 5.09. The van der Waals surface area contributed by atoms with Gasteiger partial charge in [0, 0.05) is 7.12 Å². The van der Waals surface area contributed by atoms with Crippen LogP contribution in [0.1, 0.15) is 21.1 Å². The monoisotopic (exact) mass is 178 g/mol. The molecule has 0 aliphatic rings. The molecule has 0 amide bonds. The number of carboxylic acid groups (broad SMARTS) is 1. The second-order valence-corrected chi connectivity index (χ2v) is 2.60. The van der Waals surface area contributed by atoms with Crippen molar-refractivity contribution >= 4 is 18.6 Å². The van der Waals surface area contributed by atoms with Crippen molar-refractivity contribution in [1.82, 2.24) is 5.32 Å². The molecule has 0 rings (SSSR count). The van der Waals surface area contributed by atoms with Crippen LogP contribution in [0.3, 0.4) is 0 Å². The molecule has 0 aromatic carbocycles. The molecule has 1 atom stereocenters. The number of thiol groups is 1. The molecule has 0 aliphatic carbocycles. The molecule has 2 N–H and O–H groups in total. The van der Waals surface area contributed by atoms with Crippen molar-refractivity contribution in [1.29, 1.82) is 0 Å². The van der Waals surface area contributed by atoms with Crippen LogP contribution in [0.5, 0.6) is 0 Å². The lowest BCUT2D eigenvalue weighted by atomic mass is 10.3. The predicted molar refractivity (Wildman–Crippen MR) is 48.2 cm³/mol. The van der Waals surface area contributed by atoms with Gasteiger partial charge >= 0.3 is 5.97 Å². The number of carbonyl (C=O) groups is 1. The fraction of sp³-hybridized carbons (Fsp3) is 0.857. The molecule has 0 heterocycles. The highest BCUT2D eigenvalue weighted by molar-refractivity contribution is 7.80. The summed E-state index contributed by atoms with van der Waals surface area (Å²) in [5.41, 5.74) is 0. The highest BCUT2D eigenvalue weighted by Crippen LogP contribution is 1.90. The van der Waals surface area contributed by atoms with E-state index in [2.05, 4.69) is 17.9 Å². The average molecular weight is 178 g/mol. The molecule has 4 heteroatoms. The first-order chi connectivity index (χ1) is 5.72. The summed E-state index contributed by atoms with van der Waals surface area (Å²) in [5.74, 6) is -0.563. The largest absolute Gasteiger partial charge is 0.480 e. The van der Waals surface area contributed by atoms with E-state index in [1.54, 1.807) is 0 Å². The SMILES string of the molecule is [2H]CCCCN[C@@H](CS)C(=O)O. The number of hydrogen-bond donors (Lipinski definition) is 3. The molecule has 0 radical (unpaired) electrons. The Bertz CT molecular complexity index is 135. The number of aliphatic carboxylic acids is 1. The van der Waals surface area contributed by atoms with E-state index < -0.39 is 12.0 Å². The Morgan fingerprint density at radius 3 is 3.09 bits per heavy atom. The Labute approximate surface area is 74.0 Å². The highest BCUT2D eigenvalue weighted by Gasteiger charge is 2.12. The van der Waals surface area contributed by atoms with Crippen LogP contribution in [0, 0.1) is 0 Å². The molecule has 0 spiro atoms. The van der Waals surface area contributed by atoms with Crippen molar-refractivity contribution in [3.63, 3.8) is 0 Å². The van der Waals surface area contributed by atoms with Gasteiger partial charge in [-0.25, -0.2) is 0 Å². The van der Waals surface area contributed by atoms with Gasteiger partial charge in [0.25, 0.3) is 0 Å². The van der Waals surface area contributed by atoms with E-state index in [9.17, 15) is 4.79 Å². The van der Waals surface area contributed by atoms with Gasteiger partial charge in [-0.2, -0.15) is 12.6 Å². The summed E-state index contributed by atoms with van der Waals surface area (Å²) in [5, 5.41) is 11.4. The first kappa shape index (κ1) is 8.87. The predicted octanol–water partition coefficient (Wildman–Crippen LogP) is 0.759. The van der Waals surface area contributed by atoms with Crippen LogP contribution < -0.4 is 5.32 Å². The Balaban J connectivity index is 3.38. The summed E-state index contributed by atoms with van der Waals surface area (Å²) < 4.78 is 6.86. The van der Waals surface area contributed by atoms with E-state index in [0.717, 1.165) is 12.8 Å². The van der Waals surface area contributed by atoms with E-state index in [1.165, 1.54) is 0 Å². The second kappa shape index (κ2) is 6.49. The standard InChI is InChI=1S/C7H15NO2S/c1-2-3-4-8-6(5-11)7(9)10/h6,8,11H,2-5H2,1H3,(H,9,10)/t6-/m0/s1/i1D. The molecule has 0 fully saturated rings. The Morgan fingerprint density at radius 1 is 1.91 bits per heavy atom. The summed E-state index contributed by atoms with van der Waals surface area (Å²) in [6.07, 6.45) is 1.66. The Kier molecular flexibility index (Phi) is 5.23. The van der Waals surface area contributed by atoms with Gasteiger partial charge in [-0.05, 0) is 13.0 Å². The van der Waals surface area contributed by atoms with Crippen molar-refractivity contribution < 1.29 is 11.3 Å². The van der Waals surface area contributed by atoms with Gasteiger partial charge in [0.1, 0.15) is 6.04 Å². The smallest absolute Gasteiger partial charge is 0.321 e. The minimum Gasteiger partial charge on any atom is -0.480 e. The molecule has 11 heavy (non-hydrogen) atoms. The molecule has 0 aliphatic heterocycles. The van der Waals surface area contributed by atoms with Crippen LogP contribution >= 0.6 is 12.6 Å². The minimum absolute atomic E-state index is 0.302. The van der Waals surface area contributed by atoms with Crippen LogP contribution in [0.4, 0.5) is 0 Å². The Hall–Kier alpha value is -0.220. The summed E-state index contributed by atoms with van der Waals surface area (Å²) in [6, 6.07) is -0.556. The van der Waals surface area contributed by atoms with E-state index in [4.69, 9.17) is 6.48 Å². The topological polar surface area (TPSA) is 49.3 Å². The quantitative estimate of drug-likeness (QED) is 0.416. The normalized spacial score (nSPS) is 14.1. The van der Waals surface area contributed by atoms with Crippen molar-refractivity contribution in [3.05, 3.63) is 0 Å². The zero-order valence-corrected chi connectivity index (χ0v) is 7.31. The fourth-order valence-electron chi connectivity index (χ4n) is 0.631. The van der Waals surface area contributed by atoms with Crippen molar-refractivity contribution in [3.8, 4) is 0 Å². The van der Waals surface area contributed by atoms with Gasteiger partial charge in [-0.1, -0.05) is 13.3 Å². The lowest BCUT2D eigenvalue weighted by Gasteiger charge is -2.10. The van der Waals surface area contributed by atoms with Gasteiger partial charge in [-0.15, -0.1) is 0 Å². The number of hydrogen-bond acceptors (Lipinski definition) is 3. The number of nitrogens with one attached hydrogen (secondary N) is 1. The molecule has 0 saturated heterocycles. The Morgan fingerprint density at radius 2 is 2.64 bits per heavy atom. The summed E-state index contributed by atoms with van der Waals surface area (Å²) in [6.45, 7) is 1.05. The fourth-order valence-corrected chi connectivity index (χ4v) is 0.917. The third-order valence-electron chi connectivity index (χ3n) is 1.30. The second-order valence-electron chi connectivity index (χ2n) is 2.23. The summed E-state index contributed by atoms with van der Waals surface area (Å²) in [7, 11) is 0. The van der Waals surface area contributed by atoms with Crippen molar-refractivity contribution in [2.24, 2.45) is 0 Å². The first-order valence-electron chi connectivity index (χ1n) is 4.29. The molecule has 0 unspecified atom stereocenters. The molecular formula is C7H15NO2S. The zero-order valence-electron chi connectivity index (χ0n) is 7.42. The van der Waals surface area contributed by atoms with Gasteiger partial charge in [0.05, 0.1) is 0 Å². The van der Waals surface area contributed by atoms with E-state index >= 15 is 0 Å². The molecule has 0 aromatic rings. The average Bonchev–Trinajstić information content (AvgIpc) is 2.04. The third-order valence-corrected chi connectivity index (χ3v) is 1.66. The van der Waals surface area contributed by atoms with Gasteiger partial charge in [-0.3, -0.25) is 4.79 Å². The van der Waals surface area contributed by atoms with Crippen LogP contribution in [-0.2, 0) is 4.79 Å². The van der Waals surface area contributed by atoms with Crippen LogP contribution in [0.2, 0.25) is 0 Å².